The highest BCUT2D eigenvalue weighted by Crippen LogP contribution is 2.23. The summed E-state index contributed by atoms with van der Waals surface area (Å²) < 4.78 is 6.18. The average molecular weight is 349 g/mol. The Morgan fingerprint density at radius 3 is 2.67 bits per heavy atom. The van der Waals surface area contributed by atoms with E-state index in [1.54, 1.807) is 11.0 Å². The molecule has 1 amide bonds. The van der Waals surface area contributed by atoms with Gasteiger partial charge in [-0.05, 0) is 44.0 Å². The van der Waals surface area contributed by atoms with Crippen molar-refractivity contribution in [2.75, 3.05) is 13.1 Å². The van der Waals surface area contributed by atoms with Crippen LogP contribution >= 0.6 is 15.9 Å². The monoisotopic (exact) mass is 348 g/mol. The molecule has 2 rings (SSSR count). The molecule has 0 aliphatic carbocycles. The number of carbonyl (C=O) groups is 1. The lowest BCUT2D eigenvalue weighted by Crippen LogP contribution is -2.46. The first kappa shape index (κ1) is 15.6. The molecule has 1 aromatic carbocycles. The van der Waals surface area contributed by atoms with Crippen LogP contribution in [0.4, 0.5) is 4.79 Å². The van der Waals surface area contributed by atoms with Crippen molar-refractivity contribution in [1.82, 2.24) is 4.90 Å². The van der Waals surface area contributed by atoms with Crippen molar-refractivity contribution in [2.24, 2.45) is 0 Å². The first-order valence-corrected chi connectivity index (χ1v) is 7.45. The smallest absolute Gasteiger partial charge is 0.410 e. The van der Waals surface area contributed by atoms with Crippen LogP contribution in [0.2, 0.25) is 0 Å². The topological polar surface area (TPSA) is 53.3 Å². The zero-order valence-electron chi connectivity index (χ0n) is 12.3. The molecular weight excluding hydrogens is 332 g/mol. The molecule has 0 N–H and O–H groups in total. The minimum absolute atomic E-state index is 0.295. The summed E-state index contributed by atoms with van der Waals surface area (Å²) >= 11 is 3.35. The van der Waals surface area contributed by atoms with E-state index in [9.17, 15) is 4.79 Å². The highest BCUT2D eigenvalue weighted by Gasteiger charge is 2.29. The molecule has 1 aromatic rings. The Labute approximate surface area is 133 Å². The number of nitrogens with zero attached hydrogens (tertiary/aromatic N) is 2. The number of hydrogen-bond donors (Lipinski definition) is 0. The van der Waals surface area contributed by atoms with Crippen molar-refractivity contribution in [3.63, 3.8) is 0 Å². The van der Waals surface area contributed by atoms with Crippen molar-refractivity contribution in [1.29, 1.82) is 5.26 Å². The Morgan fingerprint density at radius 1 is 1.43 bits per heavy atom. The maximum absolute atomic E-state index is 11.8. The first-order valence-electron chi connectivity index (χ1n) is 6.65. The van der Waals surface area contributed by atoms with Gasteiger partial charge in [0.2, 0.25) is 0 Å². The minimum atomic E-state index is -0.476. The predicted octanol–water partition coefficient (Wildman–Crippen LogP) is 3.95. The number of carbonyl (C=O) groups excluding carboxylic acids is 1. The van der Waals surface area contributed by atoms with Gasteiger partial charge in [0.15, 0.2) is 0 Å². The number of likely N-dealkylation sites (tertiary alicyclic amines) is 1. The van der Waals surface area contributed by atoms with Gasteiger partial charge in [0.25, 0.3) is 0 Å². The minimum Gasteiger partial charge on any atom is -0.444 e. The highest BCUT2D eigenvalue weighted by atomic mass is 79.9. The molecule has 4 nitrogen and oxygen atoms in total. The van der Waals surface area contributed by atoms with E-state index in [0.29, 0.717) is 18.7 Å². The van der Waals surface area contributed by atoms with E-state index in [-0.39, 0.29) is 6.09 Å². The van der Waals surface area contributed by atoms with Gasteiger partial charge in [-0.15, -0.1) is 0 Å². The van der Waals surface area contributed by atoms with Crippen LogP contribution in [0.25, 0.3) is 6.08 Å². The number of benzene rings is 1. The Morgan fingerprint density at radius 2 is 2.10 bits per heavy atom. The third kappa shape index (κ3) is 4.08. The zero-order valence-corrected chi connectivity index (χ0v) is 13.9. The van der Waals surface area contributed by atoms with Crippen molar-refractivity contribution in [3.05, 3.63) is 39.4 Å². The van der Waals surface area contributed by atoms with E-state index in [4.69, 9.17) is 10.00 Å². The van der Waals surface area contributed by atoms with Crippen molar-refractivity contribution < 1.29 is 9.53 Å². The summed E-state index contributed by atoms with van der Waals surface area (Å²) in [5, 5.41) is 9.13. The molecule has 110 valence electrons. The molecule has 1 aliphatic heterocycles. The summed E-state index contributed by atoms with van der Waals surface area (Å²) in [4.78, 5) is 13.5. The summed E-state index contributed by atoms with van der Waals surface area (Å²) in [5.74, 6) is 0. The van der Waals surface area contributed by atoms with Crippen LogP contribution in [0.1, 0.15) is 31.9 Å². The van der Waals surface area contributed by atoms with Crippen LogP contribution in [-0.4, -0.2) is 29.7 Å². The van der Waals surface area contributed by atoms with Crippen LogP contribution in [0.3, 0.4) is 0 Å². The van der Waals surface area contributed by atoms with Crippen LogP contribution in [0.15, 0.2) is 28.2 Å². The molecule has 1 aliphatic rings. The van der Waals surface area contributed by atoms with Crippen LogP contribution in [0, 0.1) is 11.3 Å². The second-order valence-corrected chi connectivity index (χ2v) is 6.90. The zero-order chi connectivity index (χ0) is 15.6. The molecule has 0 atom stereocenters. The Bertz CT molecular complexity index is 631. The molecule has 0 unspecified atom stereocenters. The molecule has 0 spiro atoms. The van der Waals surface area contributed by atoms with Gasteiger partial charge in [-0.3, -0.25) is 0 Å². The molecule has 1 fully saturated rings. The quantitative estimate of drug-likeness (QED) is 0.771. The number of hydrogen-bond acceptors (Lipinski definition) is 3. The molecule has 0 bridgehead atoms. The molecular formula is C16H17BrN2O2. The van der Waals surface area contributed by atoms with Crippen LogP contribution in [0.5, 0.6) is 0 Å². The molecule has 0 aromatic heterocycles. The van der Waals surface area contributed by atoms with Gasteiger partial charge in [-0.1, -0.05) is 28.1 Å². The van der Waals surface area contributed by atoms with Crippen LogP contribution < -0.4 is 0 Å². The fourth-order valence-corrected chi connectivity index (χ4v) is 2.32. The number of amides is 1. The van der Waals surface area contributed by atoms with Crippen molar-refractivity contribution in [3.8, 4) is 6.07 Å². The maximum atomic E-state index is 11.8. The summed E-state index contributed by atoms with van der Waals surface area (Å²) in [5.41, 5.74) is 2.13. The predicted molar refractivity (Wildman–Crippen MR) is 84.6 cm³/mol. The SMILES string of the molecule is CC(C)(C)OC(=O)N1CC(=Cc2ccc(Br)cc2C#N)C1. The largest absolute Gasteiger partial charge is 0.444 e. The summed E-state index contributed by atoms with van der Waals surface area (Å²) in [7, 11) is 0. The molecule has 0 saturated carbocycles. The van der Waals surface area contributed by atoms with E-state index in [1.807, 2.05) is 39.0 Å². The van der Waals surface area contributed by atoms with Gasteiger partial charge in [0.1, 0.15) is 5.60 Å². The number of nitriles is 1. The van der Waals surface area contributed by atoms with Gasteiger partial charge in [-0.25, -0.2) is 4.79 Å². The van der Waals surface area contributed by atoms with Crippen LogP contribution in [-0.2, 0) is 4.74 Å². The van der Waals surface area contributed by atoms with Crippen molar-refractivity contribution in [2.45, 2.75) is 26.4 Å². The lowest BCUT2D eigenvalue weighted by molar-refractivity contribution is 0.0216. The Balaban J connectivity index is 2.02. The maximum Gasteiger partial charge on any atom is 0.410 e. The lowest BCUT2D eigenvalue weighted by Gasteiger charge is -2.35. The molecule has 21 heavy (non-hydrogen) atoms. The summed E-state index contributed by atoms with van der Waals surface area (Å²) in [6, 6.07) is 7.76. The molecule has 5 heteroatoms. The van der Waals surface area contributed by atoms with Gasteiger partial charge < -0.3 is 9.64 Å². The van der Waals surface area contributed by atoms with Gasteiger partial charge in [0.05, 0.1) is 11.6 Å². The Hall–Kier alpha value is -1.80. The number of halogens is 1. The van der Waals surface area contributed by atoms with E-state index >= 15 is 0 Å². The third-order valence-corrected chi connectivity index (χ3v) is 3.43. The lowest BCUT2D eigenvalue weighted by atomic mass is 10.0. The fraction of sp³-hybridized carbons (Fsp3) is 0.375. The first-order chi connectivity index (χ1) is 9.78. The normalized spacial score (nSPS) is 14.2. The van der Waals surface area contributed by atoms with E-state index in [1.165, 1.54) is 0 Å². The fourth-order valence-electron chi connectivity index (χ4n) is 1.96. The van der Waals surface area contributed by atoms with Crippen molar-refractivity contribution >= 4 is 28.1 Å². The summed E-state index contributed by atoms with van der Waals surface area (Å²) in [6.07, 6.45) is 1.67. The van der Waals surface area contributed by atoms with Gasteiger partial charge in [0, 0.05) is 17.6 Å². The second-order valence-electron chi connectivity index (χ2n) is 5.98. The summed E-state index contributed by atoms with van der Waals surface area (Å²) in [6.45, 7) is 6.65. The molecule has 1 saturated heterocycles. The third-order valence-electron chi connectivity index (χ3n) is 2.94. The van der Waals surface area contributed by atoms with E-state index < -0.39 is 5.60 Å². The number of rotatable bonds is 1. The second kappa shape index (κ2) is 5.90. The van der Waals surface area contributed by atoms with E-state index in [2.05, 4.69) is 22.0 Å². The standard InChI is InChI=1S/C16H17BrN2O2/c1-16(2,3)21-15(20)19-9-11(10-19)6-12-4-5-14(17)7-13(12)8-18/h4-7H,9-10H2,1-3H3. The number of ether oxygens (including phenoxy) is 1. The van der Waals surface area contributed by atoms with Gasteiger partial charge in [-0.2, -0.15) is 5.26 Å². The van der Waals surface area contributed by atoms with Gasteiger partial charge >= 0.3 is 6.09 Å². The highest BCUT2D eigenvalue weighted by molar-refractivity contribution is 9.10. The average Bonchev–Trinajstić information content (AvgIpc) is 2.32. The molecule has 1 heterocycles. The molecule has 0 radical (unpaired) electrons. The Kier molecular flexibility index (Phi) is 4.38. The van der Waals surface area contributed by atoms with E-state index in [0.717, 1.165) is 15.6 Å².